The number of amides is 1. The second-order valence-electron chi connectivity index (χ2n) is 9.76. The van der Waals surface area contributed by atoms with Crippen LogP contribution in [0.3, 0.4) is 0 Å². The first kappa shape index (κ1) is 41.5. The summed E-state index contributed by atoms with van der Waals surface area (Å²) >= 11 is 0. The third kappa shape index (κ3) is 49.5. The molecule has 0 aliphatic carbocycles. The number of unbranched alkanes of at least 4 members (excludes halogenated alkanes) is 15. The van der Waals surface area contributed by atoms with Gasteiger partial charge in [0.2, 0.25) is 5.91 Å². The lowest BCUT2D eigenvalue weighted by Crippen LogP contribution is -2.23. The van der Waals surface area contributed by atoms with Gasteiger partial charge in [-0.05, 0) is 32.1 Å². The second kappa shape index (κ2) is 38.2. The van der Waals surface area contributed by atoms with Gasteiger partial charge < -0.3 is 20.5 Å². The minimum Gasteiger partial charge on any atom is -0.356 e. The van der Waals surface area contributed by atoms with E-state index < -0.39 is 5.97 Å². The molecule has 4 N–H and O–H groups in total. The lowest BCUT2D eigenvalue weighted by molar-refractivity contribution is -0.144. The predicted octanol–water partition coefficient (Wildman–Crippen LogP) is 6.25. The lowest BCUT2D eigenvalue weighted by Gasteiger charge is -2.05. The summed E-state index contributed by atoms with van der Waals surface area (Å²) in [5.74, 6) is -0.437. The quantitative estimate of drug-likeness (QED) is 0.0436. The molecular formula is C28H58N4O7. The van der Waals surface area contributed by atoms with Gasteiger partial charge in [-0.2, -0.15) is 5.06 Å². The van der Waals surface area contributed by atoms with E-state index in [1.165, 1.54) is 44.9 Å². The maximum atomic E-state index is 11.7. The molecule has 1 amide bonds. The summed E-state index contributed by atoms with van der Waals surface area (Å²) in [5, 5.41) is 22.1. The fourth-order valence-electron chi connectivity index (χ4n) is 3.53. The Labute approximate surface area is 236 Å². The molecule has 0 radical (unpaired) electrons. The van der Waals surface area contributed by atoms with Crippen LogP contribution in [0.1, 0.15) is 135 Å². The number of nitrogens with zero attached hydrogens (tertiary/aromatic N) is 2. The van der Waals surface area contributed by atoms with E-state index in [2.05, 4.69) is 27.9 Å². The molecule has 0 heterocycles. The molecule has 11 nitrogen and oxygen atoms in total. The molecule has 0 fully saturated rings. The minimum atomic E-state index is -0.579. The van der Waals surface area contributed by atoms with E-state index >= 15 is 0 Å². The molecule has 0 aromatic rings. The van der Waals surface area contributed by atoms with Gasteiger partial charge in [-0.15, -0.1) is 4.91 Å². The van der Waals surface area contributed by atoms with E-state index in [4.69, 9.17) is 10.4 Å². The molecule has 39 heavy (non-hydrogen) atoms. The topological polar surface area (TPSA) is 158 Å². The van der Waals surface area contributed by atoms with E-state index in [1.807, 2.05) is 0 Å². The Morgan fingerprint density at radius 3 is 1.74 bits per heavy atom. The molecule has 0 aromatic heterocycles. The zero-order chi connectivity index (χ0) is 29.8. The van der Waals surface area contributed by atoms with Gasteiger partial charge in [0.1, 0.15) is 6.29 Å². The van der Waals surface area contributed by atoms with Gasteiger partial charge in [0.25, 0.3) is 0 Å². The first-order valence-corrected chi connectivity index (χ1v) is 14.8. The first-order valence-electron chi connectivity index (χ1n) is 14.8. The van der Waals surface area contributed by atoms with Gasteiger partial charge in [-0.1, -0.05) is 84.0 Å². The number of carbonyl (C=O) groups excluding carboxylic acids is 3. The summed E-state index contributed by atoms with van der Waals surface area (Å²) < 4.78 is 0. The van der Waals surface area contributed by atoms with Crippen molar-refractivity contribution in [1.29, 1.82) is 0 Å². The van der Waals surface area contributed by atoms with Crippen molar-refractivity contribution in [2.75, 3.05) is 27.2 Å². The summed E-state index contributed by atoms with van der Waals surface area (Å²) in [6, 6.07) is 0. The highest BCUT2D eigenvalue weighted by Gasteiger charge is 2.03. The third-order valence-corrected chi connectivity index (χ3v) is 5.64. The van der Waals surface area contributed by atoms with Crippen LogP contribution in [-0.2, 0) is 19.2 Å². The van der Waals surface area contributed by atoms with Crippen LogP contribution in [0.25, 0.3) is 0 Å². The third-order valence-electron chi connectivity index (χ3n) is 5.64. The van der Waals surface area contributed by atoms with Crippen molar-refractivity contribution in [3.63, 3.8) is 0 Å². The average Bonchev–Trinajstić information content (AvgIpc) is 2.89. The molecule has 0 atom stereocenters. The number of aldehydes is 1. The largest absolute Gasteiger partial charge is 0.356 e. The number of carbonyl (C=O) groups is 3. The minimum absolute atomic E-state index is 0.142. The normalized spacial score (nSPS) is 10.1. The standard InChI is InChI=1S/C19H36N2O4.C7H15NO2.C2H7NO/c1-2-3-4-5-6-7-8-9-12-15-18(22)20-17-14-11-10-13-16-19(23)25-21-24;9-7-5-3-1-2-4-6-8-10;1-3(2)4/h2-17H2,1H3,(H,20,22);7-8,10H,1-6H2;4H,1-2H3. The van der Waals surface area contributed by atoms with Crippen LogP contribution in [0, 0.1) is 4.91 Å². The van der Waals surface area contributed by atoms with E-state index in [1.54, 1.807) is 14.1 Å². The van der Waals surface area contributed by atoms with Gasteiger partial charge in [0.15, 0.2) is 5.34 Å². The van der Waals surface area contributed by atoms with Crippen LogP contribution in [-0.4, -0.2) is 60.8 Å². The van der Waals surface area contributed by atoms with Gasteiger partial charge in [-0.3, -0.25) is 9.63 Å². The Hall–Kier alpha value is -1.95. The smallest absolute Gasteiger partial charge is 0.338 e. The predicted molar refractivity (Wildman–Crippen MR) is 154 cm³/mol. The Morgan fingerprint density at radius 1 is 0.769 bits per heavy atom. The molecule has 0 aliphatic rings. The van der Waals surface area contributed by atoms with Crippen LogP contribution in [0.2, 0.25) is 0 Å². The summed E-state index contributed by atoms with van der Waals surface area (Å²) in [6.45, 7) is 3.58. The van der Waals surface area contributed by atoms with Crippen LogP contribution in [0.5, 0.6) is 0 Å². The molecular weight excluding hydrogens is 504 g/mol. The van der Waals surface area contributed by atoms with Crippen molar-refractivity contribution in [2.45, 2.75) is 135 Å². The second-order valence-corrected chi connectivity index (χ2v) is 9.76. The Balaban J connectivity index is -0.000000760. The van der Waals surface area contributed by atoms with E-state index in [-0.39, 0.29) is 12.3 Å². The maximum absolute atomic E-state index is 11.7. The number of hydroxylamine groups is 3. The molecule has 0 saturated heterocycles. The highest BCUT2D eigenvalue weighted by molar-refractivity contribution is 5.75. The number of rotatable bonds is 25. The van der Waals surface area contributed by atoms with Crippen LogP contribution < -0.4 is 10.8 Å². The number of nitrogens with one attached hydrogen (secondary N) is 2. The molecule has 0 saturated carbocycles. The van der Waals surface area contributed by atoms with Crippen LogP contribution >= 0.6 is 0 Å². The fraction of sp³-hybridized carbons (Fsp3) is 0.893. The van der Waals surface area contributed by atoms with E-state index in [0.29, 0.717) is 32.4 Å². The summed E-state index contributed by atoms with van der Waals surface area (Å²) in [6.07, 6.45) is 21.3. The zero-order valence-electron chi connectivity index (χ0n) is 25.0. The molecule has 0 spiro atoms. The Bertz CT molecular complexity index is 535. The molecule has 0 aliphatic heterocycles. The average molecular weight is 563 g/mol. The van der Waals surface area contributed by atoms with E-state index in [0.717, 1.165) is 69.1 Å². The van der Waals surface area contributed by atoms with Crippen molar-refractivity contribution in [1.82, 2.24) is 15.9 Å². The molecule has 0 unspecified atom stereocenters. The lowest BCUT2D eigenvalue weighted by atomic mass is 10.1. The van der Waals surface area contributed by atoms with Crippen molar-refractivity contribution < 1.29 is 29.6 Å². The van der Waals surface area contributed by atoms with Gasteiger partial charge in [-0.25, -0.2) is 10.3 Å². The Kier molecular flexibility index (Phi) is 40.7. The Morgan fingerprint density at radius 2 is 1.23 bits per heavy atom. The van der Waals surface area contributed by atoms with Crippen molar-refractivity contribution in [3.8, 4) is 0 Å². The maximum Gasteiger partial charge on any atom is 0.338 e. The fourth-order valence-corrected chi connectivity index (χ4v) is 3.53. The van der Waals surface area contributed by atoms with Gasteiger partial charge >= 0.3 is 5.97 Å². The highest BCUT2D eigenvalue weighted by Crippen LogP contribution is 2.10. The van der Waals surface area contributed by atoms with Crippen molar-refractivity contribution in [3.05, 3.63) is 4.91 Å². The monoisotopic (exact) mass is 562 g/mol. The first-order chi connectivity index (χ1) is 18.8. The molecule has 0 aromatic carbocycles. The summed E-state index contributed by atoms with van der Waals surface area (Å²) in [4.78, 5) is 46.1. The van der Waals surface area contributed by atoms with Gasteiger partial charge in [0, 0.05) is 46.4 Å². The zero-order valence-corrected chi connectivity index (χ0v) is 25.0. The molecule has 232 valence electrons. The highest BCUT2D eigenvalue weighted by atomic mass is 16.7. The number of hydrogen-bond donors (Lipinski definition) is 4. The van der Waals surface area contributed by atoms with Crippen molar-refractivity contribution in [2.24, 2.45) is 5.34 Å². The summed E-state index contributed by atoms with van der Waals surface area (Å²) in [7, 11) is 3.11. The van der Waals surface area contributed by atoms with Gasteiger partial charge in [0.05, 0.1) is 0 Å². The van der Waals surface area contributed by atoms with Crippen LogP contribution in [0.4, 0.5) is 0 Å². The number of hydrogen-bond acceptors (Lipinski definition) is 10. The molecule has 0 bridgehead atoms. The summed E-state index contributed by atoms with van der Waals surface area (Å²) in [5.41, 5.74) is 2.09. The van der Waals surface area contributed by atoms with Crippen molar-refractivity contribution >= 4 is 18.2 Å². The van der Waals surface area contributed by atoms with Crippen LogP contribution in [0.15, 0.2) is 5.34 Å². The molecule has 11 heteroatoms. The van der Waals surface area contributed by atoms with E-state index in [9.17, 15) is 19.3 Å². The molecule has 0 rings (SSSR count). The SMILES string of the molecule is CCCCCCCCCCCC(=O)NCCCCCCC(=O)ON=O.CN(C)O.O=CCCCCCCNO.